The third-order valence-electron chi connectivity index (χ3n) is 4.15. The van der Waals surface area contributed by atoms with Crippen LogP contribution in [0.3, 0.4) is 0 Å². The minimum atomic E-state index is -0.678. The van der Waals surface area contributed by atoms with Gasteiger partial charge in [-0.3, -0.25) is 9.59 Å². The summed E-state index contributed by atoms with van der Waals surface area (Å²) in [7, 11) is 0. The van der Waals surface area contributed by atoms with Gasteiger partial charge in [0.15, 0.2) is 6.10 Å². The van der Waals surface area contributed by atoms with Crippen molar-refractivity contribution in [2.75, 3.05) is 5.32 Å². The molecule has 2 unspecified atom stereocenters. The highest BCUT2D eigenvalue weighted by Gasteiger charge is 2.18. The summed E-state index contributed by atoms with van der Waals surface area (Å²) in [5, 5.41) is 2.75. The zero-order valence-corrected chi connectivity index (χ0v) is 14.8. The van der Waals surface area contributed by atoms with E-state index in [1.807, 2.05) is 24.3 Å². The molecule has 0 bridgehead atoms. The van der Waals surface area contributed by atoms with Gasteiger partial charge >= 0.3 is 0 Å². The van der Waals surface area contributed by atoms with Crippen molar-refractivity contribution in [3.63, 3.8) is 0 Å². The second-order valence-corrected chi connectivity index (χ2v) is 6.04. The van der Waals surface area contributed by atoms with Gasteiger partial charge in [-0.05, 0) is 49.1 Å². The number of nitrogens with two attached hydrogens (primary N) is 1. The summed E-state index contributed by atoms with van der Waals surface area (Å²) in [6, 6.07) is 14.3. The highest BCUT2D eigenvalue weighted by atomic mass is 16.5. The van der Waals surface area contributed by atoms with Gasteiger partial charge < -0.3 is 15.8 Å². The molecular formula is C20H24N2O3. The summed E-state index contributed by atoms with van der Waals surface area (Å²) in [5.41, 5.74) is 7.19. The molecule has 132 valence electrons. The van der Waals surface area contributed by atoms with E-state index in [0.717, 1.165) is 12.0 Å². The number of benzene rings is 2. The largest absolute Gasteiger partial charge is 0.481 e. The van der Waals surface area contributed by atoms with Gasteiger partial charge in [-0.2, -0.15) is 0 Å². The maximum atomic E-state index is 12.4. The fourth-order valence-corrected chi connectivity index (χ4v) is 2.45. The Kier molecular flexibility index (Phi) is 6.17. The molecule has 0 saturated heterocycles. The molecule has 0 saturated carbocycles. The van der Waals surface area contributed by atoms with Gasteiger partial charge in [-0.25, -0.2) is 0 Å². The molecule has 2 rings (SSSR count). The molecule has 2 aromatic rings. The Bertz CT molecular complexity index is 758. The van der Waals surface area contributed by atoms with Crippen LogP contribution >= 0.6 is 0 Å². The maximum Gasteiger partial charge on any atom is 0.265 e. The summed E-state index contributed by atoms with van der Waals surface area (Å²) >= 11 is 0. The lowest BCUT2D eigenvalue weighted by atomic mass is 9.98. The molecule has 0 aliphatic heterocycles. The summed E-state index contributed by atoms with van der Waals surface area (Å²) in [4.78, 5) is 23.6. The van der Waals surface area contributed by atoms with Crippen LogP contribution in [0.15, 0.2) is 48.5 Å². The van der Waals surface area contributed by atoms with E-state index in [-0.39, 0.29) is 5.91 Å². The maximum absolute atomic E-state index is 12.4. The molecule has 2 atom stereocenters. The summed E-state index contributed by atoms with van der Waals surface area (Å²) in [6.07, 6.45) is 0.309. The van der Waals surface area contributed by atoms with Crippen LogP contribution in [0.5, 0.6) is 5.75 Å². The summed E-state index contributed by atoms with van der Waals surface area (Å²) in [6.45, 7) is 5.94. The van der Waals surface area contributed by atoms with Gasteiger partial charge in [-0.15, -0.1) is 0 Å². The highest BCUT2D eigenvalue weighted by molar-refractivity contribution is 5.97. The monoisotopic (exact) mass is 340 g/mol. The normalized spacial score (nSPS) is 12.9. The molecular weight excluding hydrogens is 316 g/mol. The molecule has 25 heavy (non-hydrogen) atoms. The molecule has 0 spiro atoms. The van der Waals surface area contributed by atoms with Crippen LogP contribution in [-0.4, -0.2) is 17.9 Å². The first kappa shape index (κ1) is 18.5. The van der Waals surface area contributed by atoms with E-state index >= 15 is 0 Å². The van der Waals surface area contributed by atoms with Crippen LogP contribution in [0.4, 0.5) is 5.69 Å². The number of nitrogens with one attached hydrogen (secondary N) is 1. The van der Waals surface area contributed by atoms with Crippen molar-refractivity contribution in [1.29, 1.82) is 0 Å². The Morgan fingerprint density at radius 3 is 2.52 bits per heavy atom. The number of hydrogen-bond donors (Lipinski definition) is 2. The van der Waals surface area contributed by atoms with E-state index in [4.69, 9.17) is 10.5 Å². The quantitative estimate of drug-likeness (QED) is 0.806. The molecule has 0 heterocycles. The fraction of sp³-hybridized carbons (Fsp3) is 0.300. The van der Waals surface area contributed by atoms with Crippen LogP contribution in [0.25, 0.3) is 0 Å². The van der Waals surface area contributed by atoms with Crippen molar-refractivity contribution in [2.45, 2.75) is 39.2 Å². The average molecular weight is 340 g/mol. The lowest BCUT2D eigenvalue weighted by Crippen LogP contribution is -2.30. The van der Waals surface area contributed by atoms with Crippen LogP contribution in [0.1, 0.15) is 49.0 Å². The molecule has 0 radical (unpaired) electrons. The second-order valence-electron chi connectivity index (χ2n) is 6.04. The number of anilines is 1. The van der Waals surface area contributed by atoms with Crippen molar-refractivity contribution < 1.29 is 14.3 Å². The number of amides is 2. The zero-order valence-electron chi connectivity index (χ0n) is 14.8. The van der Waals surface area contributed by atoms with E-state index in [2.05, 4.69) is 19.2 Å². The number of ether oxygens (including phenoxy) is 1. The van der Waals surface area contributed by atoms with E-state index in [1.54, 1.807) is 31.2 Å². The minimum Gasteiger partial charge on any atom is -0.481 e. The van der Waals surface area contributed by atoms with E-state index in [1.165, 1.54) is 0 Å². The predicted octanol–water partition coefficient (Wildman–Crippen LogP) is 3.71. The Morgan fingerprint density at radius 1 is 1.12 bits per heavy atom. The molecule has 0 aliphatic carbocycles. The molecule has 2 aromatic carbocycles. The lowest BCUT2D eigenvalue weighted by Gasteiger charge is -2.19. The number of carbonyl (C=O) groups is 2. The molecule has 3 N–H and O–H groups in total. The van der Waals surface area contributed by atoms with Crippen molar-refractivity contribution in [1.82, 2.24) is 0 Å². The van der Waals surface area contributed by atoms with Crippen molar-refractivity contribution >= 4 is 17.5 Å². The average Bonchev–Trinajstić information content (AvgIpc) is 2.61. The number of para-hydroxylation sites is 1. The predicted molar refractivity (Wildman–Crippen MR) is 98.8 cm³/mol. The Morgan fingerprint density at radius 2 is 1.84 bits per heavy atom. The van der Waals surface area contributed by atoms with Crippen molar-refractivity contribution in [2.24, 2.45) is 5.73 Å². The first-order valence-corrected chi connectivity index (χ1v) is 8.38. The Hall–Kier alpha value is -2.82. The van der Waals surface area contributed by atoms with Crippen LogP contribution < -0.4 is 15.8 Å². The Balaban J connectivity index is 2.09. The first-order chi connectivity index (χ1) is 11.9. The van der Waals surface area contributed by atoms with Gasteiger partial charge in [0.2, 0.25) is 5.91 Å². The van der Waals surface area contributed by atoms with Crippen molar-refractivity contribution in [3.05, 3.63) is 59.7 Å². The SMILES string of the molecule is CCC(C)c1ccccc1OC(C)C(=O)Nc1cccc(C(N)=O)c1. The number of rotatable bonds is 7. The smallest absolute Gasteiger partial charge is 0.265 e. The summed E-state index contributed by atoms with van der Waals surface area (Å²) < 4.78 is 5.88. The lowest BCUT2D eigenvalue weighted by molar-refractivity contribution is -0.122. The number of carbonyl (C=O) groups excluding carboxylic acids is 2. The third-order valence-corrected chi connectivity index (χ3v) is 4.15. The zero-order chi connectivity index (χ0) is 18.4. The standard InChI is InChI=1S/C20H24N2O3/c1-4-13(2)17-10-5-6-11-18(17)25-14(3)20(24)22-16-9-7-8-15(12-16)19(21)23/h5-14H,4H2,1-3H3,(H2,21,23)(H,22,24). The van der Waals surface area contributed by atoms with Crippen LogP contribution in [0.2, 0.25) is 0 Å². The molecule has 2 amide bonds. The fourth-order valence-electron chi connectivity index (χ4n) is 2.45. The highest BCUT2D eigenvalue weighted by Crippen LogP contribution is 2.29. The van der Waals surface area contributed by atoms with Gasteiger partial charge in [0.1, 0.15) is 5.75 Å². The van der Waals surface area contributed by atoms with Gasteiger partial charge in [0.25, 0.3) is 5.91 Å². The molecule has 5 heteroatoms. The topological polar surface area (TPSA) is 81.4 Å². The van der Waals surface area contributed by atoms with Crippen LogP contribution in [0, 0.1) is 0 Å². The second kappa shape index (κ2) is 8.33. The summed E-state index contributed by atoms with van der Waals surface area (Å²) in [5.74, 6) is 0.229. The molecule has 5 nitrogen and oxygen atoms in total. The molecule has 0 fully saturated rings. The molecule has 0 aliphatic rings. The van der Waals surface area contributed by atoms with E-state index < -0.39 is 12.0 Å². The van der Waals surface area contributed by atoms with Gasteiger partial charge in [-0.1, -0.05) is 38.1 Å². The number of primary amides is 1. The van der Waals surface area contributed by atoms with E-state index in [9.17, 15) is 9.59 Å². The Labute approximate surface area is 148 Å². The van der Waals surface area contributed by atoms with Crippen LogP contribution in [-0.2, 0) is 4.79 Å². The first-order valence-electron chi connectivity index (χ1n) is 8.38. The van der Waals surface area contributed by atoms with Gasteiger partial charge in [0, 0.05) is 11.3 Å². The van der Waals surface area contributed by atoms with E-state index in [0.29, 0.717) is 22.9 Å². The van der Waals surface area contributed by atoms with Gasteiger partial charge in [0.05, 0.1) is 0 Å². The third kappa shape index (κ3) is 4.83. The minimum absolute atomic E-state index is 0.291. The van der Waals surface area contributed by atoms with Crippen molar-refractivity contribution in [3.8, 4) is 5.75 Å². The number of hydrogen-bond acceptors (Lipinski definition) is 3. The molecule has 0 aromatic heterocycles.